The average molecular weight is 454 g/mol. The van der Waals surface area contributed by atoms with Gasteiger partial charge in [-0.05, 0) is 30.3 Å². The van der Waals surface area contributed by atoms with Crippen molar-refractivity contribution in [2.24, 2.45) is 5.10 Å². The van der Waals surface area contributed by atoms with Crippen LogP contribution in [0.5, 0.6) is 0 Å². The van der Waals surface area contributed by atoms with E-state index in [2.05, 4.69) is 20.5 Å². The van der Waals surface area contributed by atoms with Crippen molar-refractivity contribution in [3.05, 3.63) is 101 Å². The Balaban J connectivity index is 1.35. The number of nitrogens with one attached hydrogen (secondary N) is 2. The van der Waals surface area contributed by atoms with E-state index < -0.39 is 0 Å². The zero-order chi connectivity index (χ0) is 22.6. The number of thioether (sulfide) groups is 1. The molecule has 2 N–H and O–H groups in total. The van der Waals surface area contributed by atoms with E-state index in [1.807, 2.05) is 72.9 Å². The number of hydrazone groups is 1. The van der Waals surface area contributed by atoms with Gasteiger partial charge in [-0.1, -0.05) is 60.3 Å². The van der Waals surface area contributed by atoms with Crippen molar-refractivity contribution in [3.8, 4) is 5.69 Å². The van der Waals surface area contributed by atoms with E-state index in [0.717, 1.165) is 16.5 Å². The molecule has 5 aromatic rings. The molecule has 1 amide bonds. The van der Waals surface area contributed by atoms with Crippen LogP contribution in [0, 0.1) is 0 Å². The van der Waals surface area contributed by atoms with Gasteiger partial charge in [-0.3, -0.25) is 14.2 Å². The number of nitrogens with zero attached hydrogens (tertiary/aromatic N) is 3. The van der Waals surface area contributed by atoms with Crippen LogP contribution in [0.2, 0.25) is 0 Å². The van der Waals surface area contributed by atoms with Crippen molar-refractivity contribution in [1.82, 2.24) is 20.0 Å². The predicted octanol–water partition coefficient (Wildman–Crippen LogP) is 4.11. The molecule has 2 heterocycles. The van der Waals surface area contributed by atoms with Crippen molar-refractivity contribution >= 4 is 45.7 Å². The molecular weight excluding hydrogens is 434 g/mol. The maximum Gasteiger partial charge on any atom is 0.266 e. The third-order valence-electron chi connectivity index (χ3n) is 5.11. The Kier molecular flexibility index (Phi) is 5.73. The number of fused-ring (bicyclic) bond motifs is 2. The molecule has 0 fully saturated rings. The Morgan fingerprint density at radius 1 is 1.00 bits per heavy atom. The molecule has 0 unspecified atom stereocenters. The fourth-order valence-electron chi connectivity index (χ4n) is 3.55. The number of carbonyl (C=O) groups excluding carboxylic acids is 1. The molecule has 2 aromatic heterocycles. The fourth-order valence-corrected chi connectivity index (χ4v) is 4.36. The second kappa shape index (κ2) is 9.13. The van der Waals surface area contributed by atoms with Gasteiger partial charge >= 0.3 is 0 Å². The number of hydrogen-bond donors (Lipinski definition) is 2. The van der Waals surface area contributed by atoms with Gasteiger partial charge in [0.1, 0.15) is 0 Å². The summed E-state index contributed by atoms with van der Waals surface area (Å²) in [5.74, 6) is -0.235. The number of para-hydroxylation sites is 3. The first kappa shape index (κ1) is 20.7. The molecule has 7 nitrogen and oxygen atoms in total. The van der Waals surface area contributed by atoms with Crippen LogP contribution >= 0.6 is 11.8 Å². The van der Waals surface area contributed by atoms with Crippen LogP contribution in [0.25, 0.3) is 27.5 Å². The monoisotopic (exact) mass is 453 g/mol. The van der Waals surface area contributed by atoms with Gasteiger partial charge < -0.3 is 4.98 Å². The highest BCUT2D eigenvalue weighted by Crippen LogP contribution is 2.21. The minimum Gasteiger partial charge on any atom is -0.361 e. The van der Waals surface area contributed by atoms with E-state index in [4.69, 9.17) is 0 Å². The third-order valence-corrected chi connectivity index (χ3v) is 6.04. The van der Waals surface area contributed by atoms with E-state index in [0.29, 0.717) is 21.7 Å². The van der Waals surface area contributed by atoms with E-state index >= 15 is 0 Å². The molecule has 0 atom stereocenters. The largest absolute Gasteiger partial charge is 0.361 e. The second-order valence-corrected chi connectivity index (χ2v) is 8.20. The number of H-pyrrole nitrogens is 1. The SMILES string of the molecule is O=C(CSc1nc2ccccc2c(=O)n1-c1ccccc1)N/N=C/c1c[nH]c2ccccc12. The average Bonchev–Trinajstić information content (AvgIpc) is 3.26. The van der Waals surface area contributed by atoms with Crippen LogP contribution in [0.15, 0.2) is 100 Å². The summed E-state index contributed by atoms with van der Waals surface area (Å²) in [5, 5.41) is 6.07. The van der Waals surface area contributed by atoms with Crippen molar-refractivity contribution < 1.29 is 4.79 Å². The third kappa shape index (κ3) is 4.28. The highest BCUT2D eigenvalue weighted by molar-refractivity contribution is 7.99. The molecule has 8 heteroatoms. The summed E-state index contributed by atoms with van der Waals surface area (Å²) in [6, 6.07) is 24.3. The van der Waals surface area contributed by atoms with E-state index in [1.165, 1.54) is 16.3 Å². The Bertz CT molecular complexity index is 1540. The maximum atomic E-state index is 13.2. The minimum absolute atomic E-state index is 0.0584. The van der Waals surface area contributed by atoms with Crippen LogP contribution in [0.3, 0.4) is 0 Å². The molecule has 0 aliphatic heterocycles. The van der Waals surface area contributed by atoms with Gasteiger partial charge in [0.2, 0.25) is 0 Å². The number of hydrogen-bond acceptors (Lipinski definition) is 5. The lowest BCUT2D eigenvalue weighted by atomic mass is 10.2. The number of amides is 1. The summed E-state index contributed by atoms with van der Waals surface area (Å²) in [7, 11) is 0. The smallest absolute Gasteiger partial charge is 0.266 e. The molecule has 0 saturated carbocycles. The molecule has 0 aliphatic rings. The van der Waals surface area contributed by atoms with Gasteiger partial charge in [0, 0.05) is 22.7 Å². The second-order valence-electron chi connectivity index (χ2n) is 7.26. The normalized spacial score (nSPS) is 11.4. The molecular formula is C25H19N5O2S. The highest BCUT2D eigenvalue weighted by Gasteiger charge is 2.14. The van der Waals surface area contributed by atoms with Crippen LogP contribution in [0.4, 0.5) is 0 Å². The maximum absolute atomic E-state index is 13.2. The number of aromatic nitrogens is 3. The quantitative estimate of drug-likeness (QED) is 0.175. The molecule has 0 spiro atoms. The fraction of sp³-hybridized carbons (Fsp3) is 0.0400. The van der Waals surface area contributed by atoms with E-state index in [1.54, 1.807) is 18.3 Å². The number of rotatable bonds is 6. The standard InChI is InChI=1S/C25H19N5O2S/c31-23(29-27-15-17-14-26-21-12-6-4-10-19(17)21)16-33-25-28-22-13-7-5-11-20(22)24(32)30(25)18-8-2-1-3-9-18/h1-15,26H,16H2,(H,29,31)/b27-15+. The van der Waals surface area contributed by atoms with Crippen LogP contribution in [-0.4, -0.2) is 32.4 Å². The summed E-state index contributed by atoms with van der Waals surface area (Å²) >= 11 is 1.19. The van der Waals surface area contributed by atoms with Crippen LogP contribution in [0.1, 0.15) is 5.56 Å². The van der Waals surface area contributed by atoms with Crippen LogP contribution < -0.4 is 11.0 Å². The summed E-state index contributed by atoms with van der Waals surface area (Å²) in [6.45, 7) is 0. The summed E-state index contributed by atoms with van der Waals surface area (Å²) in [6.07, 6.45) is 3.45. The zero-order valence-electron chi connectivity index (χ0n) is 17.4. The number of benzene rings is 3. The molecule has 0 aliphatic carbocycles. The van der Waals surface area contributed by atoms with Gasteiger partial charge in [0.05, 0.1) is 28.6 Å². The van der Waals surface area contributed by atoms with E-state index in [-0.39, 0.29) is 17.2 Å². The Morgan fingerprint density at radius 3 is 2.58 bits per heavy atom. The Labute approximate surface area is 193 Å². The first-order valence-corrected chi connectivity index (χ1v) is 11.3. The highest BCUT2D eigenvalue weighted by atomic mass is 32.2. The topological polar surface area (TPSA) is 92.1 Å². The zero-order valence-corrected chi connectivity index (χ0v) is 18.3. The molecule has 0 radical (unpaired) electrons. The van der Waals surface area contributed by atoms with Gasteiger partial charge in [0.25, 0.3) is 11.5 Å². The number of aromatic amines is 1. The van der Waals surface area contributed by atoms with Crippen LogP contribution in [-0.2, 0) is 4.79 Å². The van der Waals surface area contributed by atoms with Crippen molar-refractivity contribution in [2.75, 3.05) is 5.75 Å². The first-order chi connectivity index (χ1) is 16.2. The molecule has 33 heavy (non-hydrogen) atoms. The van der Waals surface area contributed by atoms with Crippen molar-refractivity contribution in [2.45, 2.75) is 5.16 Å². The Hall–Kier alpha value is -4.17. The molecule has 0 bridgehead atoms. The van der Waals surface area contributed by atoms with Crippen molar-refractivity contribution in [1.29, 1.82) is 0 Å². The molecule has 162 valence electrons. The summed E-state index contributed by atoms with van der Waals surface area (Å²) < 4.78 is 1.54. The minimum atomic E-state index is -0.293. The van der Waals surface area contributed by atoms with Gasteiger partial charge in [-0.15, -0.1) is 0 Å². The number of carbonyl (C=O) groups is 1. The van der Waals surface area contributed by atoms with Gasteiger partial charge in [-0.25, -0.2) is 10.4 Å². The van der Waals surface area contributed by atoms with Gasteiger partial charge in [-0.2, -0.15) is 5.10 Å². The molecule has 0 saturated heterocycles. The Morgan fingerprint density at radius 2 is 1.73 bits per heavy atom. The summed E-state index contributed by atoms with van der Waals surface area (Å²) in [4.78, 5) is 33.4. The molecule has 5 rings (SSSR count). The van der Waals surface area contributed by atoms with Crippen molar-refractivity contribution in [3.63, 3.8) is 0 Å². The molecule has 3 aromatic carbocycles. The van der Waals surface area contributed by atoms with Gasteiger partial charge in [0.15, 0.2) is 5.16 Å². The lowest BCUT2D eigenvalue weighted by molar-refractivity contribution is -0.118. The first-order valence-electron chi connectivity index (χ1n) is 10.3. The lowest BCUT2D eigenvalue weighted by Crippen LogP contribution is -2.24. The van der Waals surface area contributed by atoms with E-state index in [9.17, 15) is 9.59 Å². The lowest BCUT2D eigenvalue weighted by Gasteiger charge is -2.12. The summed E-state index contributed by atoms with van der Waals surface area (Å²) in [5.41, 5.74) is 5.55. The predicted molar refractivity (Wildman–Crippen MR) is 132 cm³/mol.